The molecule has 0 bridgehead atoms. The summed E-state index contributed by atoms with van der Waals surface area (Å²) >= 11 is 5.92. The number of imide groups is 1. The van der Waals surface area contributed by atoms with E-state index in [2.05, 4.69) is 29.8 Å². The Morgan fingerprint density at radius 2 is 1.61 bits per heavy atom. The van der Waals surface area contributed by atoms with Gasteiger partial charge in [-0.15, -0.1) is 0 Å². The Balaban J connectivity index is 1.39. The molecule has 1 atom stereocenters. The van der Waals surface area contributed by atoms with Crippen molar-refractivity contribution in [1.29, 1.82) is 0 Å². The summed E-state index contributed by atoms with van der Waals surface area (Å²) < 4.78 is 13.3. The third-order valence-corrected chi connectivity index (χ3v) is 9.17. The van der Waals surface area contributed by atoms with Crippen LogP contribution in [0.25, 0.3) is 0 Å². The first-order valence-corrected chi connectivity index (χ1v) is 18.1. The fraction of sp³-hybridized carbons (Fsp3) is 0.333. The molecule has 0 saturated carbocycles. The molecule has 12 nitrogen and oxygen atoms in total. The van der Waals surface area contributed by atoms with E-state index in [-0.39, 0.29) is 54.8 Å². The molecule has 1 unspecified atom stereocenters. The van der Waals surface area contributed by atoms with Crippen molar-refractivity contribution < 1.29 is 24.0 Å². The Hall–Kier alpha value is -4.17. The summed E-state index contributed by atoms with van der Waals surface area (Å²) in [5.74, 6) is -0.838. The predicted octanol–water partition coefficient (Wildman–Crippen LogP) is 3.48. The van der Waals surface area contributed by atoms with E-state index in [0.29, 0.717) is 17.2 Å². The Morgan fingerprint density at radius 3 is 2.25 bits per heavy atom. The first-order chi connectivity index (χ1) is 20.9. The van der Waals surface area contributed by atoms with E-state index in [0.717, 1.165) is 15.5 Å². The monoisotopic (exact) mass is 637 g/mol. The highest BCUT2D eigenvalue weighted by molar-refractivity contribution is 6.76. The standard InChI is InChI=1S/C30H32ClN5O7Si/c1-44(2,3)13-12-42-18-36-21(16-35-28(39)22-6-4-5-7-23(22)29(35)40)14-27(38)34(30(36)41)17-26-32-25(33-43-26)15-24(37)19-8-10-20(31)11-9-19/h4-11,14,24,37H,12-13,15-18H2,1-3H3. The first-order valence-electron chi connectivity index (χ1n) is 14.0. The van der Waals surface area contributed by atoms with E-state index in [1.807, 2.05) is 0 Å². The molecular formula is C30H32ClN5O7Si. The minimum absolute atomic E-state index is 0.0122. The van der Waals surface area contributed by atoms with Gasteiger partial charge in [0.2, 0.25) is 5.89 Å². The number of aliphatic hydroxyl groups excluding tert-OH is 1. The number of rotatable bonds is 12. The zero-order valence-corrected chi connectivity index (χ0v) is 26.3. The average Bonchev–Trinajstić information content (AvgIpc) is 3.52. The fourth-order valence-electron chi connectivity index (χ4n) is 4.70. The quantitative estimate of drug-likeness (QED) is 0.140. The normalized spacial score (nSPS) is 13.9. The number of fused-ring (bicyclic) bond motifs is 1. The summed E-state index contributed by atoms with van der Waals surface area (Å²) in [5, 5.41) is 15.0. The van der Waals surface area contributed by atoms with Crippen LogP contribution < -0.4 is 11.2 Å². The highest BCUT2D eigenvalue weighted by Crippen LogP contribution is 2.24. The lowest BCUT2D eigenvalue weighted by Crippen LogP contribution is -2.43. The van der Waals surface area contributed by atoms with E-state index >= 15 is 0 Å². The van der Waals surface area contributed by atoms with Crippen LogP contribution in [0.4, 0.5) is 0 Å². The van der Waals surface area contributed by atoms with E-state index in [9.17, 15) is 24.3 Å². The van der Waals surface area contributed by atoms with Gasteiger partial charge in [0, 0.05) is 32.2 Å². The van der Waals surface area contributed by atoms with Crippen molar-refractivity contribution in [1.82, 2.24) is 24.2 Å². The molecule has 1 aliphatic rings. The second-order valence-electron chi connectivity index (χ2n) is 11.7. The maximum atomic E-state index is 13.7. The van der Waals surface area contributed by atoms with Gasteiger partial charge in [-0.05, 0) is 35.9 Å². The van der Waals surface area contributed by atoms with Crippen LogP contribution in [-0.4, -0.2) is 55.8 Å². The van der Waals surface area contributed by atoms with Crippen LogP contribution >= 0.6 is 11.6 Å². The number of aromatic nitrogens is 4. The van der Waals surface area contributed by atoms with Crippen molar-refractivity contribution in [3.05, 3.63) is 115 Å². The third kappa shape index (κ3) is 6.96. The molecule has 0 aliphatic carbocycles. The van der Waals surface area contributed by atoms with E-state index < -0.39 is 37.2 Å². The number of carbonyl (C=O) groups is 2. The molecule has 1 N–H and O–H groups in total. The van der Waals surface area contributed by atoms with Crippen molar-refractivity contribution in [3.63, 3.8) is 0 Å². The minimum Gasteiger partial charge on any atom is -0.388 e. The average molecular weight is 638 g/mol. The van der Waals surface area contributed by atoms with Gasteiger partial charge < -0.3 is 14.4 Å². The summed E-state index contributed by atoms with van der Waals surface area (Å²) in [7, 11) is -1.43. The summed E-state index contributed by atoms with van der Waals surface area (Å²) in [6.45, 7) is 6.18. The molecule has 44 heavy (non-hydrogen) atoms. The lowest BCUT2D eigenvalue weighted by molar-refractivity contribution is 0.0608. The van der Waals surface area contributed by atoms with Crippen molar-refractivity contribution in [2.75, 3.05) is 6.61 Å². The molecule has 2 aromatic heterocycles. The molecular weight excluding hydrogens is 606 g/mol. The van der Waals surface area contributed by atoms with Crippen molar-refractivity contribution in [2.24, 2.45) is 0 Å². The van der Waals surface area contributed by atoms with Gasteiger partial charge in [0.05, 0.1) is 29.5 Å². The molecule has 230 valence electrons. The SMILES string of the molecule is C[Si](C)(C)CCOCn1c(CN2C(=O)c3ccccc3C2=O)cc(=O)n(Cc2nc(CC(O)c3ccc(Cl)cc3)no2)c1=O. The van der Waals surface area contributed by atoms with Crippen LogP contribution in [0.15, 0.2) is 68.7 Å². The van der Waals surface area contributed by atoms with Crippen LogP contribution in [0.5, 0.6) is 0 Å². The highest BCUT2D eigenvalue weighted by Gasteiger charge is 2.36. The lowest BCUT2D eigenvalue weighted by atomic mass is 10.1. The molecule has 5 rings (SSSR count). The first kappa shape index (κ1) is 31.3. The summed E-state index contributed by atoms with van der Waals surface area (Å²) in [6, 6.07) is 15.2. The van der Waals surface area contributed by atoms with E-state index in [1.54, 1.807) is 48.5 Å². The Kier molecular flexibility index (Phi) is 9.11. The molecule has 0 spiro atoms. The number of amides is 2. The van der Waals surface area contributed by atoms with E-state index in [4.69, 9.17) is 20.9 Å². The Labute approximate surface area is 258 Å². The number of carbonyl (C=O) groups excluding carboxylic acids is 2. The minimum atomic E-state index is -1.43. The van der Waals surface area contributed by atoms with Gasteiger partial charge in [-0.25, -0.2) is 4.79 Å². The van der Waals surface area contributed by atoms with Gasteiger partial charge in [-0.3, -0.25) is 28.4 Å². The molecule has 14 heteroatoms. The van der Waals surface area contributed by atoms with Crippen molar-refractivity contribution in [2.45, 2.75) is 58.0 Å². The van der Waals surface area contributed by atoms with Crippen LogP contribution in [-0.2, 0) is 31.0 Å². The molecule has 0 radical (unpaired) electrons. The number of hydrogen-bond donors (Lipinski definition) is 1. The molecule has 4 aromatic rings. The number of ether oxygens (including phenoxy) is 1. The molecule has 2 amide bonds. The molecule has 0 fully saturated rings. The van der Waals surface area contributed by atoms with Gasteiger partial charge in [0.15, 0.2) is 5.82 Å². The molecule has 3 heterocycles. The number of halogens is 1. The zero-order valence-electron chi connectivity index (χ0n) is 24.5. The topological polar surface area (TPSA) is 150 Å². The number of benzene rings is 2. The summed E-state index contributed by atoms with van der Waals surface area (Å²) in [6.07, 6.45) is -0.888. The van der Waals surface area contributed by atoms with Crippen molar-refractivity contribution >= 4 is 31.5 Å². The van der Waals surface area contributed by atoms with Gasteiger partial charge >= 0.3 is 5.69 Å². The Bertz CT molecular complexity index is 1770. The summed E-state index contributed by atoms with van der Waals surface area (Å²) in [5.41, 5.74) is -0.114. The van der Waals surface area contributed by atoms with Gasteiger partial charge in [-0.2, -0.15) is 4.98 Å². The largest absolute Gasteiger partial charge is 0.388 e. The van der Waals surface area contributed by atoms with Crippen LogP contribution in [0.2, 0.25) is 30.7 Å². The van der Waals surface area contributed by atoms with Gasteiger partial charge in [0.1, 0.15) is 13.3 Å². The lowest BCUT2D eigenvalue weighted by Gasteiger charge is -2.20. The predicted molar refractivity (Wildman–Crippen MR) is 163 cm³/mol. The number of nitrogens with zero attached hydrogens (tertiary/aromatic N) is 5. The van der Waals surface area contributed by atoms with E-state index in [1.165, 1.54) is 10.6 Å². The zero-order chi connectivity index (χ0) is 31.6. The molecule has 1 aliphatic heterocycles. The number of hydrogen-bond acceptors (Lipinski definition) is 9. The maximum Gasteiger partial charge on any atom is 0.333 e. The second kappa shape index (κ2) is 12.8. The van der Waals surface area contributed by atoms with Crippen molar-refractivity contribution in [3.8, 4) is 0 Å². The van der Waals surface area contributed by atoms with Crippen LogP contribution in [0.3, 0.4) is 0 Å². The van der Waals surface area contributed by atoms with Gasteiger partial charge in [0.25, 0.3) is 17.4 Å². The maximum absolute atomic E-state index is 13.7. The Morgan fingerprint density at radius 1 is 0.955 bits per heavy atom. The molecule has 2 aromatic carbocycles. The molecule has 0 saturated heterocycles. The third-order valence-electron chi connectivity index (χ3n) is 7.21. The second-order valence-corrected chi connectivity index (χ2v) is 17.8. The summed E-state index contributed by atoms with van der Waals surface area (Å²) in [4.78, 5) is 58.2. The smallest absolute Gasteiger partial charge is 0.333 e. The number of aliphatic hydroxyl groups is 1. The van der Waals surface area contributed by atoms with Crippen LogP contribution in [0.1, 0.15) is 49.8 Å². The van der Waals surface area contributed by atoms with Gasteiger partial charge in [-0.1, -0.05) is 60.7 Å². The van der Waals surface area contributed by atoms with Crippen LogP contribution in [0, 0.1) is 0 Å². The fourth-order valence-corrected chi connectivity index (χ4v) is 5.59. The highest BCUT2D eigenvalue weighted by atomic mass is 35.5.